The highest BCUT2D eigenvalue weighted by molar-refractivity contribution is 5.43. The van der Waals surface area contributed by atoms with Gasteiger partial charge in [-0.25, -0.2) is 0 Å². The van der Waals surface area contributed by atoms with Gasteiger partial charge in [-0.3, -0.25) is 0 Å². The van der Waals surface area contributed by atoms with Crippen LogP contribution in [0.3, 0.4) is 0 Å². The normalized spacial score (nSPS) is 16.0. The lowest BCUT2D eigenvalue weighted by Gasteiger charge is -2.32. The molecule has 1 saturated carbocycles. The highest BCUT2D eigenvalue weighted by Crippen LogP contribution is 2.28. The molecule has 3 rings (SSSR count). The van der Waals surface area contributed by atoms with Gasteiger partial charge in [-0.1, -0.05) is 25.3 Å². The summed E-state index contributed by atoms with van der Waals surface area (Å²) in [5.74, 6) is 3.17. The van der Waals surface area contributed by atoms with Crippen molar-refractivity contribution in [2.45, 2.75) is 64.3 Å². The van der Waals surface area contributed by atoms with E-state index < -0.39 is 6.10 Å². The van der Waals surface area contributed by atoms with Crippen molar-refractivity contribution in [2.75, 3.05) is 27.3 Å². The number of rotatable bonds is 11. The largest absolute Gasteiger partial charge is 0.493 e. The van der Waals surface area contributed by atoms with E-state index in [1.54, 1.807) is 7.11 Å². The molecule has 6 heteroatoms. The van der Waals surface area contributed by atoms with Crippen LogP contribution in [-0.2, 0) is 13.1 Å². The predicted octanol–water partition coefficient (Wildman–Crippen LogP) is 3.89. The number of nitrogens with one attached hydrogen (secondary N) is 1. The highest BCUT2D eigenvalue weighted by atomic mass is 16.5. The maximum absolute atomic E-state index is 10.4. The zero-order valence-electron chi connectivity index (χ0n) is 18.5. The second kappa shape index (κ2) is 11.4. The van der Waals surface area contributed by atoms with Crippen molar-refractivity contribution in [1.29, 1.82) is 0 Å². The Labute approximate surface area is 180 Å². The van der Waals surface area contributed by atoms with Crippen LogP contribution in [-0.4, -0.2) is 49.5 Å². The molecule has 0 aliphatic heterocycles. The fourth-order valence-electron chi connectivity index (χ4n) is 4.09. The van der Waals surface area contributed by atoms with Gasteiger partial charge in [0.25, 0.3) is 0 Å². The molecule has 0 bridgehead atoms. The van der Waals surface area contributed by atoms with Crippen molar-refractivity contribution in [2.24, 2.45) is 0 Å². The van der Waals surface area contributed by atoms with E-state index in [9.17, 15) is 5.11 Å². The van der Waals surface area contributed by atoms with Gasteiger partial charge in [-0.15, -0.1) is 0 Å². The first-order chi connectivity index (χ1) is 14.5. The van der Waals surface area contributed by atoms with E-state index in [-0.39, 0.29) is 6.61 Å². The van der Waals surface area contributed by atoms with Crippen LogP contribution in [0.25, 0.3) is 0 Å². The molecule has 1 aromatic heterocycles. The Balaban J connectivity index is 1.45. The van der Waals surface area contributed by atoms with Gasteiger partial charge >= 0.3 is 0 Å². The first-order valence-electron chi connectivity index (χ1n) is 11.0. The molecule has 2 N–H and O–H groups in total. The molecular weight excluding hydrogens is 380 g/mol. The molecule has 1 atom stereocenters. The average molecular weight is 417 g/mol. The van der Waals surface area contributed by atoms with Crippen LogP contribution in [0.4, 0.5) is 0 Å². The van der Waals surface area contributed by atoms with E-state index in [2.05, 4.69) is 17.3 Å². The summed E-state index contributed by atoms with van der Waals surface area (Å²) in [6, 6.07) is 10.4. The number of hydrogen-bond acceptors (Lipinski definition) is 6. The van der Waals surface area contributed by atoms with E-state index >= 15 is 0 Å². The Morgan fingerprint density at radius 3 is 2.63 bits per heavy atom. The van der Waals surface area contributed by atoms with Crippen LogP contribution < -0.4 is 14.8 Å². The first kappa shape index (κ1) is 22.7. The minimum atomic E-state index is -0.528. The number of aliphatic hydroxyl groups is 1. The summed E-state index contributed by atoms with van der Waals surface area (Å²) < 4.78 is 16.9. The summed E-state index contributed by atoms with van der Waals surface area (Å²) in [6.07, 6.45) is 5.85. The number of furan rings is 1. The van der Waals surface area contributed by atoms with Crippen molar-refractivity contribution in [3.63, 3.8) is 0 Å². The molecule has 0 amide bonds. The molecule has 0 radical (unpaired) electrons. The van der Waals surface area contributed by atoms with E-state index in [0.29, 0.717) is 37.2 Å². The summed E-state index contributed by atoms with van der Waals surface area (Å²) in [7, 11) is 3.74. The third-order valence-corrected chi connectivity index (χ3v) is 5.78. The van der Waals surface area contributed by atoms with Crippen LogP contribution in [0.15, 0.2) is 34.7 Å². The first-order valence-corrected chi connectivity index (χ1v) is 11.0. The van der Waals surface area contributed by atoms with Crippen LogP contribution in [0.1, 0.15) is 49.2 Å². The minimum absolute atomic E-state index is 0.253. The molecule has 2 aromatic rings. The molecule has 0 spiro atoms. The zero-order valence-corrected chi connectivity index (χ0v) is 18.5. The second-order valence-electron chi connectivity index (χ2n) is 8.30. The van der Waals surface area contributed by atoms with Crippen molar-refractivity contribution in [3.8, 4) is 11.5 Å². The number of hydrogen-bond donors (Lipinski definition) is 2. The maximum Gasteiger partial charge on any atom is 0.161 e. The number of likely N-dealkylation sites (N-methyl/N-ethyl adjacent to an activating group) is 1. The minimum Gasteiger partial charge on any atom is -0.493 e. The Morgan fingerprint density at radius 1 is 1.13 bits per heavy atom. The molecule has 1 aromatic carbocycles. The summed E-state index contributed by atoms with van der Waals surface area (Å²) in [6.45, 7) is 4.20. The molecule has 1 aliphatic carbocycles. The molecule has 6 nitrogen and oxygen atoms in total. The lowest BCUT2D eigenvalue weighted by atomic mass is 9.94. The van der Waals surface area contributed by atoms with Gasteiger partial charge in [0.05, 0.1) is 13.7 Å². The van der Waals surface area contributed by atoms with Gasteiger partial charge < -0.3 is 29.2 Å². The lowest BCUT2D eigenvalue weighted by Crippen LogP contribution is -2.40. The second-order valence-corrected chi connectivity index (χ2v) is 8.30. The fourth-order valence-corrected chi connectivity index (χ4v) is 4.09. The summed E-state index contributed by atoms with van der Waals surface area (Å²) in [4.78, 5) is 2.28. The van der Waals surface area contributed by atoms with Crippen LogP contribution >= 0.6 is 0 Å². The van der Waals surface area contributed by atoms with Crippen LogP contribution in [0.2, 0.25) is 0 Å². The molecule has 1 heterocycles. The van der Waals surface area contributed by atoms with E-state index in [1.807, 2.05) is 37.3 Å². The third-order valence-electron chi connectivity index (χ3n) is 5.78. The standard InChI is InChI=1S/C24H36N2O4/c1-18-9-11-22(30-18)15-25-14-19-10-12-23(24(13-19)28-3)29-17-21(27)16-26(2)20-7-5-4-6-8-20/h9-13,20-21,25,27H,4-8,14-17H2,1-3H3/t21-/m0/s1. The fraction of sp³-hybridized carbons (Fsp3) is 0.583. The van der Waals surface area contributed by atoms with E-state index in [4.69, 9.17) is 13.9 Å². The van der Waals surface area contributed by atoms with Gasteiger partial charge in [0.1, 0.15) is 24.2 Å². The Bertz CT molecular complexity index is 770. The van der Waals surface area contributed by atoms with Gasteiger partial charge in [-0.05, 0) is 56.6 Å². The van der Waals surface area contributed by atoms with E-state index in [0.717, 1.165) is 17.1 Å². The SMILES string of the molecule is COc1cc(CNCc2ccc(C)o2)ccc1OC[C@@H](O)CN(C)C1CCCCC1. The topological polar surface area (TPSA) is 67.1 Å². The number of benzene rings is 1. The lowest BCUT2D eigenvalue weighted by molar-refractivity contribution is 0.0553. The molecule has 0 unspecified atom stereocenters. The summed E-state index contributed by atoms with van der Waals surface area (Å²) >= 11 is 0. The maximum atomic E-state index is 10.4. The number of nitrogens with zero attached hydrogens (tertiary/aromatic N) is 1. The molecule has 30 heavy (non-hydrogen) atoms. The molecular formula is C24H36N2O4. The van der Waals surface area contributed by atoms with Gasteiger partial charge in [0.2, 0.25) is 0 Å². The Hall–Kier alpha value is -2.02. The predicted molar refractivity (Wildman–Crippen MR) is 118 cm³/mol. The quantitative estimate of drug-likeness (QED) is 0.579. The van der Waals surface area contributed by atoms with Crippen molar-refractivity contribution in [1.82, 2.24) is 10.2 Å². The Morgan fingerprint density at radius 2 is 1.93 bits per heavy atom. The number of aryl methyl sites for hydroxylation is 1. The molecule has 1 fully saturated rings. The van der Waals surface area contributed by atoms with Gasteiger partial charge in [-0.2, -0.15) is 0 Å². The number of ether oxygens (including phenoxy) is 2. The molecule has 0 saturated heterocycles. The number of aliphatic hydroxyl groups excluding tert-OH is 1. The number of methoxy groups -OCH3 is 1. The van der Waals surface area contributed by atoms with Crippen LogP contribution in [0.5, 0.6) is 11.5 Å². The monoisotopic (exact) mass is 416 g/mol. The van der Waals surface area contributed by atoms with Crippen molar-refractivity contribution in [3.05, 3.63) is 47.4 Å². The zero-order chi connectivity index (χ0) is 21.3. The van der Waals surface area contributed by atoms with E-state index in [1.165, 1.54) is 32.1 Å². The molecule has 166 valence electrons. The smallest absolute Gasteiger partial charge is 0.161 e. The van der Waals surface area contributed by atoms with Gasteiger partial charge in [0.15, 0.2) is 11.5 Å². The van der Waals surface area contributed by atoms with Crippen LogP contribution in [0, 0.1) is 6.92 Å². The molecule has 1 aliphatic rings. The van der Waals surface area contributed by atoms with Gasteiger partial charge in [0, 0.05) is 19.1 Å². The average Bonchev–Trinajstić information content (AvgIpc) is 3.18. The summed E-state index contributed by atoms with van der Waals surface area (Å²) in [5, 5.41) is 13.8. The van der Waals surface area contributed by atoms with Crippen molar-refractivity contribution < 1.29 is 19.0 Å². The van der Waals surface area contributed by atoms with Crippen molar-refractivity contribution >= 4 is 0 Å². The Kier molecular flexibility index (Phi) is 8.61. The highest BCUT2D eigenvalue weighted by Gasteiger charge is 2.20. The third kappa shape index (κ3) is 6.76. The summed E-state index contributed by atoms with van der Waals surface area (Å²) in [5.41, 5.74) is 1.10.